The molecule has 6 N–H and O–H groups in total. The van der Waals surface area contributed by atoms with Gasteiger partial charge < -0.3 is 10.5 Å². The molecule has 30 heavy (non-hydrogen) atoms. The number of nitrogens with two attached hydrogens (primary N) is 1. The van der Waals surface area contributed by atoms with E-state index in [2.05, 4.69) is 31.7 Å². The number of hydrogen-bond donors (Lipinski definition) is 5. The van der Waals surface area contributed by atoms with Crippen LogP contribution < -0.4 is 32.2 Å². The number of para-hydroxylation sites is 1. The number of amides is 2. The minimum atomic E-state index is -0.716. The van der Waals surface area contributed by atoms with Crippen LogP contribution in [-0.4, -0.2) is 28.4 Å². The zero-order chi connectivity index (χ0) is 21.3. The molecule has 154 valence electrons. The molecule has 0 spiro atoms. The van der Waals surface area contributed by atoms with Gasteiger partial charge in [0.25, 0.3) is 11.8 Å². The lowest BCUT2D eigenvalue weighted by atomic mass is 10.2. The third-order valence-electron chi connectivity index (χ3n) is 3.73. The maximum atomic E-state index is 13.7. The number of nitrogens with one attached hydrogen (secondary N) is 4. The Morgan fingerprint density at radius 2 is 1.57 bits per heavy atom. The Morgan fingerprint density at radius 1 is 0.933 bits per heavy atom. The summed E-state index contributed by atoms with van der Waals surface area (Å²) < 4.78 is 19.0. The maximum absolute atomic E-state index is 13.7. The van der Waals surface area contributed by atoms with Crippen LogP contribution in [0.15, 0.2) is 60.9 Å². The average molecular weight is 411 g/mol. The molecule has 0 aliphatic carbocycles. The third kappa shape index (κ3) is 5.32. The van der Waals surface area contributed by atoms with Crippen LogP contribution in [-0.2, 0) is 4.79 Å². The zero-order valence-electron chi connectivity index (χ0n) is 15.6. The number of benzene rings is 2. The summed E-state index contributed by atoms with van der Waals surface area (Å²) in [6, 6.07) is 14.3. The first-order valence-corrected chi connectivity index (χ1v) is 8.68. The Labute approximate surface area is 170 Å². The van der Waals surface area contributed by atoms with Crippen molar-refractivity contribution >= 4 is 29.1 Å². The van der Waals surface area contributed by atoms with E-state index in [1.807, 2.05) is 6.07 Å². The molecular weight excluding hydrogens is 393 g/mol. The van der Waals surface area contributed by atoms with E-state index >= 15 is 0 Å². The molecule has 3 rings (SSSR count). The highest BCUT2D eigenvalue weighted by Crippen LogP contribution is 2.21. The number of nitrogens with zero attached hydrogens (tertiary/aromatic N) is 2. The third-order valence-corrected chi connectivity index (χ3v) is 3.73. The monoisotopic (exact) mass is 411 g/mol. The van der Waals surface area contributed by atoms with Gasteiger partial charge in [0, 0.05) is 0 Å². The fourth-order valence-corrected chi connectivity index (χ4v) is 2.25. The van der Waals surface area contributed by atoms with Gasteiger partial charge in [0.1, 0.15) is 23.6 Å². The fraction of sp³-hybridized carbons (Fsp3) is 0.0526. The van der Waals surface area contributed by atoms with Crippen molar-refractivity contribution in [3.8, 4) is 5.75 Å². The molecule has 1 heterocycles. The van der Waals surface area contributed by atoms with Crippen LogP contribution in [0.4, 0.5) is 21.7 Å². The molecule has 2 amide bonds. The van der Waals surface area contributed by atoms with Crippen LogP contribution >= 0.6 is 0 Å². The van der Waals surface area contributed by atoms with Crippen molar-refractivity contribution in [2.45, 2.75) is 0 Å². The van der Waals surface area contributed by atoms with Gasteiger partial charge in [0.05, 0.1) is 5.56 Å². The van der Waals surface area contributed by atoms with Crippen LogP contribution in [0.1, 0.15) is 10.4 Å². The van der Waals surface area contributed by atoms with Crippen molar-refractivity contribution in [3.63, 3.8) is 0 Å². The number of carbonyl (C=O) groups is 2. The quantitative estimate of drug-likeness (QED) is 0.351. The molecule has 3 aromatic rings. The molecule has 0 aliphatic heterocycles. The molecule has 1 aromatic heterocycles. The van der Waals surface area contributed by atoms with E-state index < -0.39 is 17.6 Å². The minimum Gasteiger partial charge on any atom is -0.484 e. The highest BCUT2D eigenvalue weighted by atomic mass is 19.1. The van der Waals surface area contributed by atoms with Gasteiger partial charge in [-0.2, -0.15) is 0 Å². The predicted octanol–water partition coefficient (Wildman–Crippen LogP) is 1.48. The SMILES string of the molecule is Nc1c(NNC(=O)COc2ccccc2)ncnc1NNC(=O)c1ccccc1F. The number of carbonyl (C=O) groups excluding carboxylic acids is 2. The van der Waals surface area contributed by atoms with E-state index in [-0.39, 0.29) is 29.5 Å². The fourth-order valence-electron chi connectivity index (χ4n) is 2.25. The van der Waals surface area contributed by atoms with Crippen LogP contribution in [0.25, 0.3) is 0 Å². The second-order valence-electron chi connectivity index (χ2n) is 5.82. The van der Waals surface area contributed by atoms with Crippen molar-refractivity contribution in [3.05, 3.63) is 72.3 Å². The molecular formula is C19H18FN7O3. The lowest BCUT2D eigenvalue weighted by molar-refractivity contribution is -0.122. The van der Waals surface area contributed by atoms with Crippen LogP contribution in [0.3, 0.4) is 0 Å². The van der Waals surface area contributed by atoms with E-state index in [1.54, 1.807) is 24.3 Å². The summed E-state index contributed by atoms with van der Waals surface area (Å²) in [5, 5.41) is 0. The molecule has 11 heteroatoms. The van der Waals surface area contributed by atoms with E-state index in [9.17, 15) is 14.0 Å². The standard InChI is InChI=1S/C19H18FN7O3/c20-14-9-5-4-8-13(14)19(29)27-26-18-16(21)17(22-11-23-18)25-24-15(28)10-30-12-6-2-1-3-7-12/h1-9,11H,10,21H2,(H,24,28)(H,27,29)(H2,22,23,25,26). The topological polar surface area (TPSA) is 143 Å². The summed E-state index contributed by atoms with van der Waals surface area (Å²) in [4.78, 5) is 31.8. The average Bonchev–Trinajstić information content (AvgIpc) is 2.77. The summed E-state index contributed by atoms with van der Waals surface area (Å²) in [6.45, 7) is -0.230. The van der Waals surface area contributed by atoms with E-state index in [0.29, 0.717) is 5.75 Å². The number of halogens is 1. The van der Waals surface area contributed by atoms with Crippen molar-refractivity contribution in [2.24, 2.45) is 0 Å². The number of nitrogen functional groups attached to an aromatic ring is 1. The second-order valence-corrected chi connectivity index (χ2v) is 5.82. The van der Waals surface area contributed by atoms with Gasteiger partial charge in [-0.1, -0.05) is 30.3 Å². The summed E-state index contributed by atoms with van der Waals surface area (Å²) in [5.41, 5.74) is 15.5. The van der Waals surface area contributed by atoms with Gasteiger partial charge in [-0.15, -0.1) is 0 Å². The molecule has 10 nitrogen and oxygen atoms in total. The van der Waals surface area contributed by atoms with Crippen molar-refractivity contribution in [1.82, 2.24) is 20.8 Å². The molecule has 0 saturated carbocycles. The Bertz CT molecular complexity index is 1030. The molecule has 0 atom stereocenters. The largest absolute Gasteiger partial charge is 0.484 e. The van der Waals surface area contributed by atoms with Crippen LogP contribution in [0.2, 0.25) is 0 Å². The summed E-state index contributed by atoms with van der Waals surface area (Å²) in [5.74, 6) is -1.18. The highest BCUT2D eigenvalue weighted by Gasteiger charge is 2.13. The highest BCUT2D eigenvalue weighted by molar-refractivity contribution is 5.95. The van der Waals surface area contributed by atoms with Gasteiger partial charge in [-0.05, 0) is 24.3 Å². The van der Waals surface area contributed by atoms with Crippen LogP contribution in [0.5, 0.6) is 5.75 Å². The van der Waals surface area contributed by atoms with Crippen LogP contribution in [0, 0.1) is 5.82 Å². The van der Waals surface area contributed by atoms with Crippen molar-refractivity contribution in [1.29, 1.82) is 0 Å². The van der Waals surface area contributed by atoms with Gasteiger partial charge >= 0.3 is 0 Å². The number of aromatic nitrogens is 2. The Kier molecular flexibility index (Phi) is 6.56. The first-order valence-electron chi connectivity index (χ1n) is 8.68. The summed E-state index contributed by atoms with van der Waals surface area (Å²) in [6.07, 6.45) is 1.16. The first-order chi connectivity index (χ1) is 14.5. The molecule has 0 bridgehead atoms. The molecule has 0 saturated heterocycles. The van der Waals surface area contributed by atoms with E-state index in [0.717, 1.165) is 6.33 Å². The molecule has 0 fully saturated rings. The number of hydrogen-bond acceptors (Lipinski definition) is 8. The molecule has 0 radical (unpaired) electrons. The second kappa shape index (κ2) is 9.68. The zero-order valence-corrected chi connectivity index (χ0v) is 15.6. The lowest BCUT2D eigenvalue weighted by Gasteiger charge is -2.14. The first kappa shape index (κ1) is 20.3. The Hall–Kier alpha value is -4.41. The maximum Gasteiger partial charge on any atom is 0.276 e. The van der Waals surface area contributed by atoms with Gasteiger partial charge in [-0.25, -0.2) is 14.4 Å². The molecule has 2 aromatic carbocycles. The number of hydrazine groups is 2. The summed E-state index contributed by atoms with van der Waals surface area (Å²) >= 11 is 0. The Morgan fingerprint density at radius 3 is 2.27 bits per heavy atom. The van der Waals surface area contributed by atoms with E-state index in [1.165, 1.54) is 24.3 Å². The molecule has 0 aliphatic rings. The molecule has 0 unspecified atom stereocenters. The smallest absolute Gasteiger partial charge is 0.276 e. The van der Waals surface area contributed by atoms with Gasteiger partial charge in [0.15, 0.2) is 18.2 Å². The minimum absolute atomic E-state index is 0.00983. The Balaban J connectivity index is 1.53. The number of rotatable bonds is 8. The predicted molar refractivity (Wildman–Crippen MR) is 108 cm³/mol. The van der Waals surface area contributed by atoms with Crippen molar-refractivity contribution in [2.75, 3.05) is 23.2 Å². The van der Waals surface area contributed by atoms with Gasteiger partial charge in [0.2, 0.25) is 0 Å². The lowest BCUT2D eigenvalue weighted by Crippen LogP contribution is -2.35. The van der Waals surface area contributed by atoms with Crippen molar-refractivity contribution < 1.29 is 18.7 Å². The normalized spacial score (nSPS) is 10.0. The van der Waals surface area contributed by atoms with Gasteiger partial charge in [-0.3, -0.25) is 31.3 Å². The number of ether oxygens (including phenoxy) is 1. The van der Waals surface area contributed by atoms with E-state index in [4.69, 9.17) is 10.5 Å². The summed E-state index contributed by atoms with van der Waals surface area (Å²) in [7, 11) is 0. The number of anilines is 3.